The average Bonchev–Trinajstić information content (AvgIpc) is 2.96. The van der Waals surface area contributed by atoms with Gasteiger partial charge in [0.25, 0.3) is 0 Å². The number of nitrogens with two attached hydrogens (primary N) is 1. The summed E-state index contributed by atoms with van der Waals surface area (Å²) in [6, 6.07) is 3.95. The minimum Gasteiger partial charge on any atom is -0.392 e. The summed E-state index contributed by atoms with van der Waals surface area (Å²) >= 11 is 5.12. The van der Waals surface area contributed by atoms with E-state index >= 15 is 0 Å². The minimum atomic E-state index is -0.642. The lowest BCUT2D eigenvalue weighted by Gasteiger charge is -2.26. The van der Waals surface area contributed by atoms with Crippen molar-refractivity contribution in [1.82, 2.24) is 10.3 Å². The van der Waals surface area contributed by atoms with Crippen LogP contribution in [0.4, 0.5) is 0 Å². The number of aryl methyl sites for hydroxylation is 1. The Labute approximate surface area is 125 Å². The third-order valence-corrected chi connectivity index (χ3v) is 4.54. The lowest BCUT2D eigenvalue weighted by Crippen LogP contribution is -2.47. The van der Waals surface area contributed by atoms with Crippen LogP contribution in [0.25, 0.3) is 0 Å². The van der Waals surface area contributed by atoms with Gasteiger partial charge in [-0.15, -0.1) is 0 Å². The fourth-order valence-corrected chi connectivity index (χ4v) is 3.15. The average molecular weight is 291 g/mol. The molecule has 4 nitrogen and oxygen atoms in total. The highest BCUT2D eigenvalue weighted by molar-refractivity contribution is 7.80. The van der Waals surface area contributed by atoms with E-state index in [0.717, 1.165) is 43.4 Å². The number of hydrogen-bond donors (Lipinski definition) is 2. The number of amides is 1. The van der Waals surface area contributed by atoms with Gasteiger partial charge < -0.3 is 11.1 Å². The van der Waals surface area contributed by atoms with Crippen molar-refractivity contribution in [2.75, 3.05) is 0 Å². The van der Waals surface area contributed by atoms with Crippen molar-refractivity contribution in [2.24, 2.45) is 11.1 Å². The highest BCUT2D eigenvalue weighted by Gasteiger charge is 2.43. The smallest absolute Gasteiger partial charge is 0.233 e. The fourth-order valence-electron chi connectivity index (χ4n) is 2.85. The van der Waals surface area contributed by atoms with Gasteiger partial charge in [0.2, 0.25) is 5.91 Å². The lowest BCUT2D eigenvalue weighted by molar-refractivity contribution is -0.127. The Morgan fingerprint density at radius 1 is 1.50 bits per heavy atom. The fraction of sp³-hybridized carbons (Fsp3) is 0.533. The number of aromatic nitrogens is 1. The van der Waals surface area contributed by atoms with Crippen LogP contribution in [0.15, 0.2) is 18.3 Å². The third kappa shape index (κ3) is 2.82. The van der Waals surface area contributed by atoms with Gasteiger partial charge in [0, 0.05) is 6.20 Å². The summed E-state index contributed by atoms with van der Waals surface area (Å²) in [4.78, 5) is 17.1. The van der Waals surface area contributed by atoms with Gasteiger partial charge in [-0.25, -0.2) is 0 Å². The predicted octanol–water partition coefficient (Wildman–Crippen LogP) is 2.11. The Morgan fingerprint density at radius 3 is 2.80 bits per heavy atom. The molecule has 0 unspecified atom stereocenters. The molecule has 1 aromatic rings. The van der Waals surface area contributed by atoms with E-state index in [0.29, 0.717) is 11.5 Å². The Balaban J connectivity index is 2.06. The SMILES string of the molecule is CCc1cccnc1CNC(=O)C1(C(N)=S)CCCC1. The molecular formula is C15H21N3OS. The van der Waals surface area contributed by atoms with E-state index in [2.05, 4.69) is 17.2 Å². The number of carbonyl (C=O) groups excluding carboxylic acids is 1. The van der Waals surface area contributed by atoms with Crippen molar-refractivity contribution in [3.05, 3.63) is 29.6 Å². The number of carbonyl (C=O) groups is 1. The predicted molar refractivity (Wildman–Crippen MR) is 83.1 cm³/mol. The number of nitrogens with one attached hydrogen (secondary N) is 1. The third-order valence-electron chi connectivity index (χ3n) is 4.15. The lowest BCUT2D eigenvalue weighted by atomic mass is 9.85. The van der Waals surface area contributed by atoms with Gasteiger partial charge in [-0.05, 0) is 30.9 Å². The van der Waals surface area contributed by atoms with Crippen LogP contribution in [0, 0.1) is 5.41 Å². The largest absolute Gasteiger partial charge is 0.392 e. The van der Waals surface area contributed by atoms with Crippen LogP contribution < -0.4 is 11.1 Å². The summed E-state index contributed by atoms with van der Waals surface area (Å²) in [7, 11) is 0. The first-order valence-corrected chi connectivity index (χ1v) is 7.52. The maximum Gasteiger partial charge on any atom is 0.233 e. The van der Waals surface area contributed by atoms with Crippen molar-refractivity contribution in [1.29, 1.82) is 0 Å². The maximum absolute atomic E-state index is 12.5. The second-order valence-corrected chi connectivity index (χ2v) is 5.74. The quantitative estimate of drug-likeness (QED) is 0.815. The standard InChI is InChI=1S/C15H21N3OS/c1-2-11-6-5-9-17-12(11)10-18-14(19)15(13(16)20)7-3-4-8-15/h5-6,9H,2-4,7-8,10H2,1H3,(H2,16,20)(H,18,19). The first-order chi connectivity index (χ1) is 9.60. The maximum atomic E-state index is 12.5. The molecule has 0 spiro atoms. The van der Waals surface area contributed by atoms with Gasteiger partial charge in [-0.1, -0.05) is 38.0 Å². The molecule has 5 heteroatoms. The van der Waals surface area contributed by atoms with Gasteiger partial charge in [0.15, 0.2) is 0 Å². The van der Waals surface area contributed by atoms with E-state index in [9.17, 15) is 4.79 Å². The number of rotatable bonds is 5. The van der Waals surface area contributed by atoms with Crippen molar-refractivity contribution in [3.63, 3.8) is 0 Å². The summed E-state index contributed by atoms with van der Waals surface area (Å²) in [5.41, 5.74) is 7.24. The molecule has 1 aliphatic carbocycles. The van der Waals surface area contributed by atoms with Gasteiger partial charge in [0.05, 0.1) is 22.6 Å². The molecule has 1 heterocycles. The molecule has 2 rings (SSSR count). The summed E-state index contributed by atoms with van der Waals surface area (Å²) < 4.78 is 0. The molecule has 20 heavy (non-hydrogen) atoms. The summed E-state index contributed by atoms with van der Waals surface area (Å²) in [5.74, 6) is -0.0461. The highest BCUT2D eigenvalue weighted by Crippen LogP contribution is 2.38. The Morgan fingerprint density at radius 2 is 2.20 bits per heavy atom. The van der Waals surface area contributed by atoms with Crippen LogP contribution >= 0.6 is 12.2 Å². The monoisotopic (exact) mass is 291 g/mol. The van der Waals surface area contributed by atoms with Gasteiger partial charge in [-0.3, -0.25) is 9.78 Å². The molecular weight excluding hydrogens is 270 g/mol. The molecule has 0 aliphatic heterocycles. The Bertz CT molecular complexity index is 510. The molecule has 0 saturated heterocycles. The summed E-state index contributed by atoms with van der Waals surface area (Å²) in [6.07, 6.45) is 6.19. The molecule has 1 saturated carbocycles. The molecule has 1 fully saturated rings. The molecule has 0 radical (unpaired) electrons. The van der Waals surface area contributed by atoms with Crippen LogP contribution in [0.5, 0.6) is 0 Å². The summed E-state index contributed by atoms with van der Waals surface area (Å²) in [6.45, 7) is 2.52. The number of pyridine rings is 1. The first kappa shape index (κ1) is 14.9. The number of hydrogen-bond acceptors (Lipinski definition) is 3. The molecule has 1 aromatic heterocycles. The molecule has 1 aliphatic rings. The van der Waals surface area contributed by atoms with Crippen molar-refractivity contribution in [2.45, 2.75) is 45.6 Å². The molecule has 0 atom stereocenters. The van der Waals surface area contributed by atoms with E-state index in [1.54, 1.807) is 6.20 Å². The Hall–Kier alpha value is -1.49. The van der Waals surface area contributed by atoms with Crippen molar-refractivity contribution < 1.29 is 4.79 Å². The highest BCUT2D eigenvalue weighted by atomic mass is 32.1. The topological polar surface area (TPSA) is 68.0 Å². The number of nitrogens with zero attached hydrogens (tertiary/aromatic N) is 1. The van der Waals surface area contributed by atoms with Crippen LogP contribution in [0.1, 0.15) is 43.9 Å². The minimum absolute atomic E-state index is 0.0461. The number of thiocarbonyl (C=S) groups is 1. The van der Waals surface area contributed by atoms with Crippen LogP contribution in [0.3, 0.4) is 0 Å². The van der Waals surface area contributed by atoms with Crippen LogP contribution in [0.2, 0.25) is 0 Å². The Kier molecular flexibility index (Phi) is 4.70. The van der Waals surface area contributed by atoms with Crippen molar-refractivity contribution >= 4 is 23.1 Å². The van der Waals surface area contributed by atoms with E-state index in [1.807, 2.05) is 12.1 Å². The molecule has 3 N–H and O–H groups in total. The van der Waals surface area contributed by atoms with E-state index in [1.165, 1.54) is 0 Å². The van der Waals surface area contributed by atoms with Gasteiger partial charge >= 0.3 is 0 Å². The van der Waals surface area contributed by atoms with E-state index in [4.69, 9.17) is 18.0 Å². The van der Waals surface area contributed by atoms with Crippen LogP contribution in [-0.2, 0) is 17.8 Å². The molecule has 1 amide bonds. The van der Waals surface area contributed by atoms with E-state index < -0.39 is 5.41 Å². The molecule has 0 bridgehead atoms. The van der Waals surface area contributed by atoms with Crippen LogP contribution in [-0.4, -0.2) is 15.9 Å². The second-order valence-electron chi connectivity index (χ2n) is 5.30. The van der Waals surface area contributed by atoms with Gasteiger partial charge in [-0.2, -0.15) is 0 Å². The zero-order chi connectivity index (χ0) is 14.6. The molecule has 108 valence electrons. The normalized spacial score (nSPS) is 16.9. The molecule has 0 aromatic carbocycles. The second kappa shape index (κ2) is 6.31. The summed E-state index contributed by atoms with van der Waals surface area (Å²) in [5, 5.41) is 2.97. The zero-order valence-corrected chi connectivity index (χ0v) is 12.6. The van der Waals surface area contributed by atoms with E-state index in [-0.39, 0.29) is 5.91 Å². The van der Waals surface area contributed by atoms with Crippen molar-refractivity contribution in [3.8, 4) is 0 Å². The first-order valence-electron chi connectivity index (χ1n) is 7.11. The zero-order valence-electron chi connectivity index (χ0n) is 11.8. The van der Waals surface area contributed by atoms with Gasteiger partial charge in [0.1, 0.15) is 0 Å².